The van der Waals surface area contributed by atoms with E-state index in [2.05, 4.69) is 33.8 Å². The topological polar surface area (TPSA) is 36.4 Å². The quantitative estimate of drug-likeness (QED) is 0.861. The third-order valence-corrected chi connectivity index (χ3v) is 5.38. The van der Waals surface area contributed by atoms with Gasteiger partial charge in [-0.2, -0.15) is 0 Å². The maximum atomic E-state index is 11.9. The zero-order chi connectivity index (χ0) is 15.6. The van der Waals surface area contributed by atoms with Gasteiger partial charge in [0.15, 0.2) is 0 Å². The Bertz CT molecular complexity index is 535. The number of piperidine rings is 2. The van der Waals surface area contributed by atoms with Crippen LogP contribution in [0.25, 0.3) is 0 Å². The van der Waals surface area contributed by atoms with Crippen LogP contribution in [-0.2, 0) is 11.3 Å². The van der Waals surface area contributed by atoms with Crippen molar-refractivity contribution in [2.75, 3.05) is 26.2 Å². The highest BCUT2D eigenvalue weighted by Crippen LogP contribution is 2.40. The van der Waals surface area contributed by atoms with Crippen molar-refractivity contribution in [1.82, 2.24) is 14.8 Å². The summed E-state index contributed by atoms with van der Waals surface area (Å²) in [5.74, 6) is 0.347. The van der Waals surface area contributed by atoms with Crippen LogP contribution in [0.15, 0.2) is 18.2 Å². The minimum Gasteiger partial charge on any atom is -0.342 e. The van der Waals surface area contributed by atoms with Crippen LogP contribution in [-0.4, -0.2) is 46.9 Å². The molecule has 0 atom stereocenters. The van der Waals surface area contributed by atoms with Gasteiger partial charge < -0.3 is 4.90 Å². The summed E-state index contributed by atoms with van der Waals surface area (Å²) in [6.07, 6.45) is 4.25. The van der Waals surface area contributed by atoms with Crippen molar-refractivity contribution in [2.24, 2.45) is 5.41 Å². The Kier molecular flexibility index (Phi) is 4.48. The zero-order valence-corrected chi connectivity index (χ0v) is 13.8. The average molecular weight is 301 g/mol. The molecule has 3 rings (SSSR count). The van der Waals surface area contributed by atoms with Gasteiger partial charge in [0.25, 0.3) is 0 Å². The molecule has 120 valence electrons. The van der Waals surface area contributed by atoms with E-state index in [-0.39, 0.29) is 0 Å². The van der Waals surface area contributed by atoms with Crippen LogP contribution >= 0.6 is 0 Å². The molecule has 1 aromatic heterocycles. The van der Waals surface area contributed by atoms with Crippen molar-refractivity contribution in [1.29, 1.82) is 0 Å². The minimum atomic E-state index is 0.347. The summed E-state index contributed by atoms with van der Waals surface area (Å²) >= 11 is 0. The second kappa shape index (κ2) is 6.37. The third kappa shape index (κ3) is 3.32. The van der Waals surface area contributed by atoms with Gasteiger partial charge in [0, 0.05) is 31.7 Å². The number of carbonyl (C=O) groups excluding carboxylic acids is 1. The summed E-state index contributed by atoms with van der Waals surface area (Å²) < 4.78 is 0. The molecule has 4 nitrogen and oxygen atoms in total. The van der Waals surface area contributed by atoms with E-state index in [1.165, 1.54) is 18.5 Å². The highest BCUT2D eigenvalue weighted by atomic mass is 16.2. The van der Waals surface area contributed by atoms with Gasteiger partial charge in [-0.25, -0.2) is 0 Å². The molecule has 0 saturated carbocycles. The number of aryl methyl sites for hydroxylation is 1. The van der Waals surface area contributed by atoms with Crippen molar-refractivity contribution < 1.29 is 4.79 Å². The molecule has 2 fully saturated rings. The van der Waals surface area contributed by atoms with Gasteiger partial charge >= 0.3 is 0 Å². The van der Waals surface area contributed by atoms with Crippen molar-refractivity contribution in [3.63, 3.8) is 0 Å². The standard InChI is InChI=1S/C18H27N3O/c1-3-21-14-18(8-7-17(21)22)9-11-20(12-10-18)13-16-6-4-5-15(2)19-16/h4-6H,3,7-14H2,1-2H3. The SMILES string of the molecule is CCN1CC2(CCC1=O)CCN(Cc1cccc(C)n1)CC2. The molecular formula is C18H27N3O. The Morgan fingerprint density at radius 2 is 2.00 bits per heavy atom. The smallest absolute Gasteiger partial charge is 0.222 e. The van der Waals surface area contributed by atoms with E-state index in [9.17, 15) is 4.79 Å². The van der Waals surface area contributed by atoms with E-state index in [4.69, 9.17) is 0 Å². The van der Waals surface area contributed by atoms with Gasteiger partial charge in [0.05, 0.1) is 5.69 Å². The van der Waals surface area contributed by atoms with Crippen molar-refractivity contribution in [3.8, 4) is 0 Å². The number of pyridine rings is 1. The molecule has 0 bridgehead atoms. The molecule has 0 N–H and O–H groups in total. The van der Waals surface area contributed by atoms with E-state index in [0.29, 0.717) is 11.3 Å². The molecule has 2 saturated heterocycles. The zero-order valence-electron chi connectivity index (χ0n) is 13.8. The normalized spacial score (nSPS) is 22.3. The molecule has 0 unspecified atom stereocenters. The Balaban J connectivity index is 1.57. The molecule has 1 aromatic rings. The number of carbonyl (C=O) groups is 1. The van der Waals surface area contributed by atoms with Crippen LogP contribution in [0.3, 0.4) is 0 Å². The van der Waals surface area contributed by atoms with Gasteiger partial charge in [-0.05, 0) is 63.7 Å². The molecule has 1 amide bonds. The number of rotatable bonds is 3. The minimum absolute atomic E-state index is 0.347. The van der Waals surface area contributed by atoms with Crippen LogP contribution in [0.2, 0.25) is 0 Å². The lowest BCUT2D eigenvalue weighted by Crippen LogP contribution is -2.51. The lowest BCUT2D eigenvalue weighted by Gasteiger charge is -2.47. The highest BCUT2D eigenvalue weighted by Gasteiger charge is 2.40. The highest BCUT2D eigenvalue weighted by molar-refractivity contribution is 5.77. The van der Waals surface area contributed by atoms with Crippen LogP contribution in [0.1, 0.15) is 44.0 Å². The number of hydrogen-bond donors (Lipinski definition) is 0. The molecule has 2 aliphatic heterocycles. The second-order valence-electron chi connectivity index (χ2n) is 6.95. The Morgan fingerprint density at radius 1 is 1.23 bits per heavy atom. The molecule has 0 aliphatic carbocycles. The number of amides is 1. The fourth-order valence-electron chi connectivity index (χ4n) is 3.90. The number of aromatic nitrogens is 1. The van der Waals surface area contributed by atoms with E-state index >= 15 is 0 Å². The van der Waals surface area contributed by atoms with E-state index in [1.807, 2.05) is 13.0 Å². The predicted octanol–water partition coefficient (Wildman–Crippen LogP) is 2.61. The molecule has 2 aliphatic rings. The third-order valence-electron chi connectivity index (χ3n) is 5.38. The molecule has 1 spiro atoms. The van der Waals surface area contributed by atoms with Gasteiger partial charge in [0.1, 0.15) is 0 Å². The molecule has 3 heterocycles. The van der Waals surface area contributed by atoms with Gasteiger partial charge in [-0.1, -0.05) is 6.07 Å². The van der Waals surface area contributed by atoms with Crippen molar-refractivity contribution >= 4 is 5.91 Å². The summed E-state index contributed by atoms with van der Waals surface area (Å²) in [4.78, 5) is 21.1. The Labute approximate surface area is 133 Å². The van der Waals surface area contributed by atoms with Crippen LogP contribution in [0.4, 0.5) is 0 Å². The molecular weight excluding hydrogens is 274 g/mol. The first-order chi connectivity index (χ1) is 10.6. The fraction of sp³-hybridized carbons (Fsp3) is 0.667. The van der Waals surface area contributed by atoms with E-state index in [1.54, 1.807) is 0 Å². The summed E-state index contributed by atoms with van der Waals surface area (Å²) in [6.45, 7) is 9.18. The first-order valence-corrected chi connectivity index (χ1v) is 8.53. The first-order valence-electron chi connectivity index (χ1n) is 8.53. The van der Waals surface area contributed by atoms with Crippen molar-refractivity contribution in [3.05, 3.63) is 29.6 Å². The molecule has 0 radical (unpaired) electrons. The predicted molar refractivity (Wildman–Crippen MR) is 87.4 cm³/mol. The van der Waals surface area contributed by atoms with E-state index < -0.39 is 0 Å². The van der Waals surface area contributed by atoms with Crippen LogP contribution in [0.5, 0.6) is 0 Å². The van der Waals surface area contributed by atoms with Gasteiger partial charge in [-0.15, -0.1) is 0 Å². The van der Waals surface area contributed by atoms with E-state index in [0.717, 1.165) is 51.3 Å². The molecule has 4 heteroatoms. The lowest BCUT2D eigenvalue weighted by molar-refractivity contribution is -0.138. The summed E-state index contributed by atoms with van der Waals surface area (Å²) in [6, 6.07) is 6.26. The number of nitrogens with zero attached hydrogens (tertiary/aromatic N) is 3. The maximum absolute atomic E-state index is 11.9. The van der Waals surface area contributed by atoms with Gasteiger partial charge in [0.2, 0.25) is 5.91 Å². The van der Waals surface area contributed by atoms with Crippen LogP contribution in [0, 0.1) is 12.3 Å². The maximum Gasteiger partial charge on any atom is 0.222 e. The van der Waals surface area contributed by atoms with Crippen LogP contribution < -0.4 is 0 Å². The number of hydrogen-bond acceptors (Lipinski definition) is 3. The molecule has 0 aromatic carbocycles. The average Bonchev–Trinajstić information content (AvgIpc) is 2.52. The van der Waals surface area contributed by atoms with Gasteiger partial charge in [-0.3, -0.25) is 14.7 Å². The summed E-state index contributed by atoms with van der Waals surface area (Å²) in [5, 5.41) is 0. The fourth-order valence-corrected chi connectivity index (χ4v) is 3.90. The molecule has 22 heavy (non-hydrogen) atoms. The Hall–Kier alpha value is -1.42. The van der Waals surface area contributed by atoms with Crippen molar-refractivity contribution in [2.45, 2.75) is 46.1 Å². The Morgan fingerprint density at radius 3 is 2.68 bits per heavy atom. The first kappa shape index (κ1) is 15.5. The summed E-state index contributed by atoms with van der Waals surface area (Å²) in [7, 11) is 0. The largest absolute Gasteiger partial charge is 0.342 e. The monoisotopic (exact) mass is 301 g/mol. The summed E-state index contributed by atoms with van der Waals surface area (Å²) in [5.41, 5.74) is 2.64. The lowest BCUT2D eigenvalue weighted by atomic mass is 9.72. The number of likely N-dealkylation sites (tertiary alicyclic amines) is 2. The second-order valence-corrected chi connectivity index (χ2v) is 6.95.